The molecule has 0 aliphatic heterocycles. The van der Waals surface area contributed by atoms with Gasteiger partial charge in [0.05, 0.1) is 0 Å². The maximum absolute atomic E-state index is 3.17. The number of benzene rings is 4. The first-order chi connectivity index (χ1) is 17.2. The summed E-state index contributed by atoms with van der Waals surface area (Å²) in [4.78, 5) is 0. The van der Waals surface area contributed by atoms with Gasteiger partial charge in [-0.25, -0.2) is 11.6 Å². The SMILES string of the molecule is CCC1=C(C)C=[C-]C1.[Cl-].[Cl-].[Zr+2]=[C](c1ccccc1)c1ccccc1.c1ccc2c(c1)[cH-]c1ccccc12. The van der Waals surface area contributed by atoms with Crippen LogP contribution >= 0.6 is 0 Å². The smallest absolute Gasteiger partial charge is 0.0771 e. The van der Waals surface area contributed by atoms with Crippen LogP contribution in [-0.4, -0.2) is 3.21 Å². The molecule has 37 heavy (non-hydrogen) atoms. The van der Waals surface area contributed by atoms with Crippen molar-refractivity contribution in [3.63, 3.8) is 0 Å². The molecule has 0 saturated heterocycles. The van der Waals surface area contributed by atoms with Crippen molar-refractivity contribution in [3.8, 4) is 0 Å². The summed E-state index contributed by atoms with van der Waals surface area (Å²) in [6.45, 7) is 4.35. The van der Waals surface area contributed by atoms with E-state index in [-0.39, 0.29) is 24.8 Å². The average molecular weight is 601 g/mol. The zero-order valence-corrected chi connectivity index (χ0v) is 25.2. The summed E-state index contributed by atoms with van der Waals surface area (Å²) in [7, 11) is 0. The van der Waals surface area contributed by atoms with E-state index in [0.29, 0.717) is 0 Å². The minimum atomic E-state index is 0. The van der Waals surface area contributed by atoms with E-state index >= 15 is 0 Å². The van der Waals surface area contributed by atoms with Gasteiger partial charge in [-0.15, -0.1) is 53.1 Å². The molecule has 0 spiro atoms. The Labute approximate surface area is 248 Å². The second-order valence-corrected chi connectivity index (χ2v) is 9.82. The molecule has 5 aromatic carbocycles. The van der Waals surface area contributed by atoms with Crippen LogP contribution in [0, 0.1) is 6.08 Å². The summed E-state index contributed by atoms with van der Waals surface area (Å²) < 4.78 is 1.42. The summed E-state index contributed by atoms with van der Waals surface area (Å²) in [6, 6.07) is 40.4. The molecule has 0 heterocycles. The zero-order valence-electron chi connectivity index (χ0n) is 21.2. The van der Waals surface area contributed by atoms with Gasteiger partial charge in [0.2, 0.25) is 0 Å². The van der Waals surface area contributed by atoms with Crippen LogP contribution in [0.5, 0.6) is 0 Å². The van der Waals surface area contributed by atoms with Gasteiger partial charge in [0, 0.05) is 0 Å². The summed E-state index contributed by atoms with van der Waals surface area (Å²) >= 11 is 1.46. The first kappa shape index (κ1) is 30.8. The third-order valence-electron chi connectivity index (χ3n) is 6.27. The predicted octanol–water partition coefficient (Wildman–Crippen LogP) is 3.00. The summed E-state index contributed by atoms with van der Waals surface area (Å²) in [6.07, 6.45) is 7.52. The molecular weight excluding hydrogens is 571 g/mol. The van der Waals surface area contributed by atoms with Crippen LogP contribution in [0.1, 0.15) is 37.8 Å². The first-order valence-corrected chi connectivity index (χ1v) is 13.4. The first-order valence-electron chi connectivity index (χ1n) is 12.1. The third kappa shape index (κ3) is 8.28. The molecular formula is C34H30Cl2Zr-2. The quantitative estimate of drug-likeness (QED) is 0.280. The van der Waals surface area contributed by atoms with Crippen molar-refractivity contribution < 1.29 is 49.0 Å². The fourth-order valence-electron chi connectivity index (χ4n) is 4.25. The number of allylic oxidation sites excluding steroid dienone is 4. The van der Waals surface area contributed by atoms with E-state index < -0.39 is 0 Å². The van der Waals surface area contributed by atoms with Crippen molar-refractivity contribution in [2.45, 2.75) is 26.7 Å². The Morgan fingerprint density at radius 3 is 1.51 bits per heavy atom. The normalized spacial score (nSPS) is 11.6. The van der Waals surface area contributed by atoms with E-state index in [1.807, 2.05) is 0 Å². The summed E-state index contributed by atoms with van der Waals surface area (Å²) in [5.41, 5.74) is 5.63. The van der Waals surface area contributed by atoms with Gasteiger partial charge < -0.3 is 24.8 Å². The predicted molar refractivity (Wildman–Crippen MR) is 149 cm³/mol. The number of fused-ring (bicyclic) bond motifs is 3. The van der Waals surface area contributed by atoms with Crippen molar-refractivity contribution in [2.24, 2.45) is 0 Å². The molecule has 1 aliphatic rings. The topological polar surface area (TPSA) is 0 Å². The van der Waals surface area contributed by atoms with Crippen LogP contribution in [0.25, 0.3) is 21.5 Å². The molecule has 0 nitrogen and oxygen atoms in total. The minimum Gasteiger partial charge on any atom is -0.126 e. The minimum absolute atomic E-state index is 0. The van der Waals surface area contributed by atoms with Gasteiger partial charge in [-0.05, 0) is 0 Å². The second kappa shape index (κ2) is 15.7. The second-order valence-electron chi connectivity index (χ2n) is 8.59. The fourth-order valence-corrected chi connectivity index (χ4v) is 5.07. The van der Waals surface area contributed by atoms with E-state index in [4.69, 9.17) is 0 Å². The van der Waals surface area contributed by atoms with Crippen LogP contribution in [-0.2, 0) is 24.2 Å². The van der Waals surface area contributed by atoms with Gasteiger partial charge in [0.25, 0.3) is 0 Å². The number of halogens is 2. The molecule has 0 bridgehead atoms. The van der Waals surface area contributed by atoms with Crippen LogP contribution < -0.4 is 24.8 Å². The molecule has 0 saturated carbocycles. The van der Waals surface area contributed by atoms with Gasteiger partial charge in [-0.3, -0.25) is 6.08 Å². The van der Waals surface area contributed by atoms with Gasteiger partial charge in [0.1, 0.15) is 0 Å². The molecule has 0 aromatic heterocycles. The number of rotatable bonds is 3. The van der Waals surface area contributed by atoms with E-state index in [1.54, 1.807) is 5.57 Å². The Balaban J connectivity index is 0.000000197. The Hall–Kier alpha value is -2.44. The zero-order chi connectivity index (χ0) is 24.5. The molecule has 5 aromatic rings. The molecule has 0 amide bonds. The molecule has 0 unspecified atom stereocenters. The van der Waals surface area contributed by atoms with E-state index in [0.717, 1.165) is 6.42 Å². The summed E-state index contributed by atoms with van der Waals surface area (Å²) in [5, 5.41) is 5.39. The molecule has 0 N–H and O–H groups in total. The van der Waals surface area contributed by atoms with Crippen LogP contribution in [0.2, 0.25) is 0 Å². The maximum Gasteiger partial charge on any atom is -0.0771 e. The largest absolute Gasteiger partial charge is 0.126 e. The van der Waals surface area contributed by atoms with Gasteiger partial charge in [-0.2, -0.15) is 5.57 Å². The van der Waals surface area contributed by atoms with Crippen LogP contribution in [0.4, 0.5) is 0 Å². The van der Waals surface area contributed by atoms with Gasteiger partial charge in [-0.1, -0.05) is 49.7 Å². The molecule has 186 valence electrons. The van der Waals surface area contributed by atoms with Crippen molar-refractivity contribution in [1.82, 2.24) is 0 Å². The van der Waals surface area contributed by atoms with Crippen LogP contribution in [0.3, 0.4) is 0 Å². The van der Waals surface area contributed by atoms with Gasteiger partial charge in [0.15, 0.2) is 0 Å². The molecule has 0 radical (unpaired) electrons. The van der Waals surface area contributed by atoms with Crippen molar-refractivity contribution in [2.75, 3.05) is 0 Å². The molecule has 0 atom stereocenters. The molecule has 3 heteroatoms. The van der Waals surface area contributed by atoms with E-state index in [2.05, 4.69) is 141 Å². The molecule has 1 aliphatic carbocycles. The Bertz CT molecular complexity index is 1370. The Morgan fingerprint density at radius 2 is 1.14 bits per heavy atom. The maximum atomic E-state index is 3.17. The standard InChI is InChI=1S/C13H9.C13H10.C8H11.2ClH.Zr/c1-3-7-12-10(5-1)9-11-6-2-4-8-13(11)12;1-3-7-12(8-4-1)11-13-9-5-2-6-10-13;1-3-8-6-4-5-7(8)2;;;/h1-9H;1-10H;5H,3,6H2,1-2H3;2*1H;/q-1;;-1;;;+2/p-2. The molecule has 6 rings (SSSR count). The van der Waals surface area contributed by atoms with Crippen LogP contribution in [0.15, 0.2) is 132 Å². The van der Waals surface area contributed by atoms with Crippen molar-refractivity contribution >= 4 is 24.8 Å². The van der Waals surface area contributed by atoms with E-state index in [1.165, 1.54) is 72.1 Å². The fraction of sp³-hybridized carbons (Fsp3) is 0.118. The number of hydrogen-bond acceptors (Lipinski definition) is 0. The Morgan fingerprint density at radius 1 is 0.703 bits per heavy atom. The average Bonchev–Trinajstić information content (AvgIpc) is 3.53. The Kier molecular flexibility index (Phi) is 13.1. The van der Waals surface area contributed by atoms with Crippen molar-refractivity contribution in [3.05, 3.63) is 150 Å². The third-order valence-corrected chi connectivity index (χ3v) is 7.69. The van der Waals surface area contributed by atoms with E-state index in [9.17, 15) is 0 Å². The van der Waals surface area contributed by atoms with Crippen molar-refractivity contribution in [1.29, 1.82) is 0 Å². The number of hydrogen-bond donors (Lipinski definition) is 0. The molecule has 0 fully saturated rings. The summed E-state index contributed by atoms with van der Waals surface area (Å²) in [5.74, 6) is 0. The van der Waals surface area contributed by atoms with Gasteiger partial charge >= 0.3 is 99.2 Å². The monoisotopic (exact) mass is 598 g/mol.